The molecule has 0 atom stereocenters. The molecule has 0 aliphatic carbocycles. The topological polar surface area (TPSA) is 48.5 Å². The number of thiophene rings is 1. The van der Waals surface area contributed by atoms with Crippen LogP contribution in [0.2, 0.25) is 0 Å². The summed E-state index contributed by atoms with van der Waals surface area (Å²) in [6, 6.07) is 46.6. The Kier molecular flexibility index (Phi) is 6.06. The molecule has 0 unspecified atom stereocenters. The van der Waals surface area contributed by atoms with Gasteiger partial charge in [-0.2, -0.15) is 0 Å². The fourth-order valence-electron chi connectivity index (χ4n) is 9.03. The van der Waals surface area contributed by atoms with Crippen molar-refractivity contribution in [2.24, 2.45) is 0 Å². The molecule has 294 valence electrons. The predicted octanol–water partition coefficient (Wildman–Crippen LogP) is 15.1. The van der Waals surface area contributed by atoms with Crippen LogP contribution in [-0.2, 0) is 0 Å². The lowest BCUT2D eigenvalue weighted by Gasteiger charge is -2.12. The Morgan fingerprint density at radius 1 is 0.397 bits per heavy atom. The van der Waals surface area contributed by atoms with Gasteiger partial charge in [-0.3, -0.25) is 0 Å². The Labute approximate surface area is 380 Å². The lowest BCUT2D eigenvalue weighted by molar-refractivity contribution is 1.07. The molecule has 0 spiro atoms. The molecular weight excluding hydrogens is 787 g/mol. The van der Waals surface area contributed by atoms with Crippen molar-refractivity contribution in [1.29, 1.82) is 0 Å². The predicted molar refractivity (Wildman–Crippen MR) is 263 cm³/mol. The minimum atomic E-state index is -0.605. The molecule has 6 heteroatoms. The third-order valence-electron chi connectivity index (χ3n) is 11.7. The molecule has 9 aromatic carbocycles. The highest BCUT2D eigenvalue weighted by atomic mass is 32.1. The van der Waals surface area contributed by atoms with Crippen LogP contribution in [0.3, 0.4) is 0 Å². The molecule has 13 aromatic rings. The van der Waals surface area contributed by atoms with E-state index in [4.69, 9.17) is 13.7 Å². The number of fused-ring (bicyclic) bond motifs is 10. The van der Waals surface area contributed by atoms with Gasteiger partial charge >= 0.3 is 0 Å². The van der Waals surface area contributed by atoms with Crippen molar-refractivity contribution >= 4 is 75.1 Å². The molecule has 0 N–H and O–H groups in total. The van der Waals surface area contributed by atoms with Crippen molar-refractivity contribution in [1.82, 2.24) is 24.1 Å². The quantitative estimate of drug-likeness (QED) is 0.168. The SMILES string of the molecule is [2H]c1c([2H])c([2H])c(-c2nc(-c3ccc(-n4c5ccccc5c5cc(-c6cc7c8ccccc8n(-c8ccccc8)c7c7sc8ccccc8c67)ccc54)cc3)nc(-c3c([2H])c([2H])c([2H])c([2H])c3[2H])n2)c([2H])c1[2H]. The van der Waals surface area contributed by atoms with E-state index < -0.39 is 60.4 Å². The van der Waals surface area contributed by atoms with Gasteiger partial charge in [0.2, 0.25) is 0 Å². The van der Waals surface area contributed by atoms with Crippen LogP contribution in [0.4, 0.5) is 0 Å². The Bertz CT molecular complexity index is 4360. The Morgan fingerprint density at radius 3 is 1.60 bits per heavy atom. The molecule has 63 heavy (non-hydrogen) atoms. The molecule has 13 rings (SSSR count). The molecule has 0 aliphatic heterocycles. The number of para-hydroxylation sites is 3. The Balaban J connectivity index is 0.986. The van der Waals surface area contributed by atoms with E-state index in [-0.39, 0.29) is 28.6 Å². The van der Waals surface area contributed by atoms with E-state index in [0.717, 1.165) is 49.8 Å². The van der Waals surface area contributed by atoms with Gasteiger partial charge in [-0.15, -0.1) is 11.3 Å². The summed E-state index contributed by atoms with van der Waals surface area (Å²) in [5.41, 5.74) is 8.20. The van der Waals surface area contributed by atoms with Gasteiger partial charge in [-0.05, 0) is 83.9 Å². The molecule has 4 aromatic heterocycles. The summed E-state index contributed by atoms with van der Waals surface area (Å²) >= 11 is 1.82. The van der Waals surface area contributed by atoms with E-state index >= 15 is 0 Å². The average molecular weight is 832 g/mol. The van der Waals surface area contributed by atoms with E-state index in [1.54, 1.807) is 12.1 Å². The van der Waals surface area contributed by atoms with Crippen molar-refractivity contribution in [2.45, 2.75) is 0 Å². The zero-order chi connectivity index (χ0) is 50.1. The van der Waals surface area contributed by atoms with E-state index in [0.29, 0.717) is 5.56 Å². The average Bonchev–Trinajstić information content (AvgIpc) is 4.09. The summed E-state index contributed by atoms with van der Waals surface area (Å²) in [4.78, 5) is 13.7. The number of benzene rings is 9. The fourth-order valence-corrected chi connectivity index (χ4v) is 10.3. The minimum absolute atomic E-state index is 0.00633. The van der Waals surface area contributed by atoms with Crippen LogP contribution >= 0.6 is 11.3 Å². The molecule has 0 radical (unpaired) electrons. The minimum Gasteiger partial charge on any atom is -0.309 e. The summed E-state index contributed by atoms with van der Waals surface area (Å²) in [6.45, 7) is 0. The van der Waals surface area contributed by atoms with Crippen LogP contribution in [0.15, 0.2) is 212 Å². The van der Waals surface area contributed by atoms with Crippen molar-refractivity contribution < 1.29 is 13.7 Å². The first-order chi connectivity index (χ1) is 35.4. The number of hydrogen-bond donors (Lipinski definition) is 0. The zero-order valence-corrected chi connectivity index (χ0v) is 33.9. The normalized spacial score (nSPS) is 14.0. The lowest BCUT2D eigenvalue weighted by Crippen LogP contribution is -2.00. The third-order valence-corrected chi connectivity index (χ3v) is 12.9. The van der Waals surface area contributed by atoms with Gasteiger partial charge in [0.05, 0.1) is 40.5 Å². The highest BCUT2D eigenvalue weighted by Crippen LogP contribution is 2.48. The Hall–Kier alpha value is -8.19. The van der Waals surface area contributed by atoms with E-state index in [2.05, 4.69) is 133 Å². The van der Waals surface area contributed by atoms with Crippen LogP contribution in [0.1, 0.15) is 13.7 Å². The van der Waals surface area contributed by atoms with Gasteiger partial charge in [0.15, 0.2) is 17.5 Å². The fraction of sp³-hybridized carbons (Fsp3) is 0. The number of aromatic nitrogens is 5. The van der Waals surface area contributed by atoms with Crippen LogP contribution in [-0.4, -0.2) is 24.1 Å². The van der Waals surface area contributed by atoms with Crippen LogP contribution in [0, 0.1) is 0 Å². The first-order valence-corrected chi connectivity index (χ1v) is 21.2. The van der Waals surface area contributed by atoms with Crippen LogP contribution in [0.25, 0.3) is 120 Å². The summed E-state index contributed by atoms with van der Waals surface area (Å²) < 4.78 is 91.7. The second-order valence-corrected chi connectivity index (χ2v) is 16.3. The van der Waals surface area contributed by atoms with Crippen molar-refractivity contribution in [3.8, 4) is 56.7 Å². The maximum Gasteiger partial charge on any atom is 0.164 e. The Morgan fingerprint density at radius 2 is 0.921 bits per heavy atom. The van der Waals surface area contributed by atoms with E-state index in [1.165, 1.54) is 36.5 Å². The number of rotatable bonds is 6. The number of nitrogens with zero attached hydrogens (tertiary/aromatic N) is 5. The molecule has 0 aliphatic rings. The van der Waals surface area contributed by atoms with Crippen molar-refractivity contribution in [2.75, 3.05) is 0 Å². The first-order valence-electron chi connectivity index (χ1n) is 25.4. The largest absolute Gasteiger partial charge is 0.309 e. The maximum absolute atomic E-state index is 8.72. The second-order valence-electron chi connectivity index (χ2n) is 15.2. The highest BCUT2D eigenvalue weighted by molar-refractivity contribution is 7.26. The van der Waals surface area contributed by atoms with Gasteiger partial charge in [0.25, 0.3) is 0 Å². The standard InChI is InChI=1S/C57H35N5S/c1-4-16-36(17-5-1)55-58-56(37-18-6-2-7-19-37)60-57(59-55)38-28-31-41(32-29-38)61-48-25-13-10-22-42(48)46-34-39(30-33-50(46)61)45-35-47-43-23-11-14-26-49(43)62(40-20-8-3-9-21-40)53(47)54-52(45)44-24-12-15-27-51(44)63-54/h1-35H/i1D,2D,4D,5D,6D,7D,16D,17D,18D,19D. The second kappa shape index (κ2) is 14.2. The van der Waals surface area contributed by atoms with E-state index in [1.807, 2.05) is 41.7 Å². The molecule has 0 bridgehead atoms. The molecule has 0 fully saturated rings. The number of hydrogen-bond acceptors (Lipinski definition) is 4. The molecule has 0 amide bonds. The zero-order valence-electron chi connectivity index (χ0n) is 43.1. The summed E-state index contributed by atoms with van der Waals surface area (Å²) in [5.74, 6) is -0.645. The molecule has 5 nitrogen and oxygen atoms in total. The smallest absolute Gasteiger partial charge is 0.164 e. The molecule has 4 heterocycles. The summed E-state index contributed by atoms with van der Waals surface area (Å²) in [6.07, 6.45) is 0. The summed E-state index contributed by atoms with van der Waals surface area (Å²) in [5, 5.41) is 6.87. The van der Waals surface area contributed by atoms with Gasteiger partial charge in [0.1, 0.15) is 0 Å². The highest BCUT2D eigenvalue weighted by Gasteiger charge is 2.22. The van der Waals surface area contributed by atoms with E-state index in [9.17, 15) is 0 Å². The first kappa shape index (κ1) is 26.9. The van der Waals surface area contributed by atoms with Gasteiger partial charge in [0, 0.05) is 65.1 Å². The molecule has 0 saturated heterocycles. The van der Waals surface area contributed by atoms with Crippen molar-refractivity contribution in [3.05, 3.63) is 212 Å². The molecular formula is C57H35N5S. The molecule has 0 saturated carbocycles. The van der Waals surface area contributed by atoms with Crippen LogP contribution in [0.5, 0.6) is 0 Å². The summed E-state index contributed by atoms with van der Waals surface area (Å²) in [7, 11) is 0. The van der Waals surface area contributed by atoms with Crippen molar-refractivity contribution in [3.63, 3.8) is 0 Å². The van der Waals surface area contributed by atoms with Gasteiger partial charge < -0.3 is 9.13 Å². The van der Waals surface area contributed by atoms with Gasteiger partial charge in [-0.25, -0.2) is 15.0 Å². The van der Waals surface area contributed by atoms with Gasteiger partial charge in [-0.1, -0.05) is 139 Å². The lowest BCUT2D eigenvalue weighted by atomic mass is 9.95. The van der Waals surface area contributed by atoms with Crippen LogP contribution < -0.4 is 0 Å². The monoisotopic (exact) mass is 831 g/mol. The maximum atomic E-state index is 8.72. The third kappa shape index (κ3) is 5.66.